The molecule has 0 amide bonds. The molecule has 1 heterocycles. The van der Waals surface area contributed by atoms with Crippen LogP contribution < -0.4 is 10.1 Å². The summed E-state index contributed by atoms with van der Waals surface area (Å²) in [6.45, 7) is 2.01. The second-order valence-corrected chi connectivity index (χ2v) is 3.55. The van der Waals surface area contributed by atoms with Gasteiger partial charge in [0.25, 0.3) is 0 Å². The monoisotopic (exact) mass is 214 g/mol. The minimum Gasteiger partial charge on any atom is -0.439 e. The molecule has 2 rings (SSSR count). The number of benzene rings is 1. The maximum absolute atomic E-state index is 5.62. The van der Waals surface area contributed by atoms with Gasteiger partial charge in [0.05, 0.1) is 0 Å². The zero-order valence-electron chi connectivity index (χ0n) is 9.40. The van der Waals surface area contributed by atoms with Gasteiger partial charge < -0.3 is 10.1 Å². The first-order valence-corrected chi connectivity index (χ1v) is 5.16. The van der Waals surface area contributed by atoms with E-state index in [2.05, 4.69) is 10.3 Å². The molecule has 1 N–H and O–H groups in total. The summed E-state index contributed by atoms with van der Waals surface area (Å²) >= 11 is 0. The highest BCUT2D eigenvalue weighted by atomic mass is 16.5. The van der Waals surface area contributed by atoms with E-state index in [1.165, 1.54) is 0 Å². The van der Waals surface area contributed by atoms with Crippen LogP contribution in [0.4, 0.5) is 5.69 Å². The van der Waals surface area contributed by atoms with Crippen molar-refractivity contribution in [3.63, 3.8) is 0 Å². The van der Waals surface area contributed by atoms with Crippen LogP contribution in [0.5, 0.6) is 11.6 Å². The van der Waals surface area contributed by atoms with Crippen molar-refractivity contribution in [2.24, 2.45) is 0 Å². The highest BCUT2D eigenvalue weighted by molar-refractivity contribution is 5.46. The number of nitrogens with zero attached hydrogens (tertiary/aromatic N) is 1. The summed E-state index contributed by atoms with van der Waals surface area (Å²) in [6.07, 6.45) is 1.74. The third kappa shape index (κ3) is 2.51. The molecule has 0 saturated carbocycles. The number of rotatable bonds is 3. The number of pyridine rings is 1. The van der Waals surface area contributed by atoms with E-state index >= 15 is 0 Å². The number of anilines is 1. The van der Waals surface area contributed by atoms with Gasteiger partial charge in [0.2, 0.25) is 5.88 Å². The molecule has 16 heavy (non-hydrogen) atoms. The average molecular weight is 214 g/mol. The normalized spacial score (nSPS) is 9.88. The first-order valence-electron chi connectivity index (χ1n) is 5.16. The maximum atomic E-state index is 5.62. The molecule has 1 aromatic carbocycles. The second-order valence-electron chi connectivity index (χ2n) is 3.55. The summed E-state index contributed by atoms with van der Waals surface area (Å²) < 4.78 is 5.62. The van der Waals surface area contributed by atoms with Gasteiger partial charge in [0, 0.05) is 25.0 Å². The van der Waals surface area contributed by atoms with Crippen molar-refractivity contribution in [3.05, 3.63) is 48.2 Å². The number of nitrogens with one attached hydrogen (secondary N) is 1. The zero-order chi connectivity index (χ0) is 11.4. The van der Waals surface area contributed by atoms with E-state index in [4.69, 9.17) is 4.74 Å². The van der Waals surface area contributed by atoms with Crippen LogP contribution >= 0.6 is 0 Å². The molecule has 0 spiro atoms. The van der Waals surface area contributed by atoms with Gasteiger partial charge in [-0.3, -0.25) is 0 Å². The predicted molar refractivity (Wildman–Crippen MR) is 65.0 cm³/mol. The average Bonchev–Trinajstić information content (AvgIpc) is 2.30. The summed E-state index contributed by atoms with van der Waals surface area (Å²) in [7, 11) is 1.89. The minimum absolute atomic E-state index is 0.622. The van der Waals surface area contributed by atoms with E-state index in [1.807, 2.05) is 50.4 Å². The largest absolute Gasteiger partial charge is 0.439 e. The van der Waals surface area contributed by atoms with Crippen LogP contribution in [0.1, 0.15) is 5.56 Å². The summed E-state index contributed by atoms with van der Waals surface area (Å²) in [5.41, 5.74) is 2.20. The van der Waals surface area contributed by atoms with E-state index in [-0.39, 0.29) is 0 Å². The Morgan fingerprint density at radius 1 is 1.12 bits per heavy atom. The SMILES string of the molecule is CNc1ccc(Oc2cc(C)ccn2)cc1. The molecule has 2 aromatic rings. The molecule has 3 nitrogen and oxygen atoms in total. The van der Waals surface area contributed by atoms with Crippen LogP contribution in [0.25, 0.3) is 0 Å². The van der Waals surface area contributed by atoms with Crippen LogP contribution in [-0.2, 0) is 0 Å². The van der Waals surface area contributed by atoms with Gasteiger partial charge in [-0.15, -0.1) is 0 Å². The van der Waals surface area contributed by atoms with Gasteiger partial charge in [-0.25, -0.2) is 4.98 Å². The molecule has 0 aliphatic carbocycles. The molecular formula is C13H14N2O. The number of aryl methyl sites for hydroxylation is 1. The lowest BCUT2D eigenvalue weighted by molar-refractivity contribution is 0.462. The van der Waals surface area contributed by atoms with Crippen molar-refractivity contribution in [2.75, 3.05) is 12.4 Å². The Labute approximate surface area is 95.1 Å². The zero-order valence-corrected chi connectivity index (χ0v) is 9.40. The Morgan fingerprint density at radius 2 is 1.88 bits per heavy atom. The van der Waals surface area contributed by atoms with Crippen LogP contribution in [-0.4, -0.2) is 12.0 Å². The first-order chi connectivity index (χ1) is 7.78. The summed E-state index contributed by atoms with van der Waals surface area (Å²) in [5.74, 6) is 1.41. The van der Waals surface area contributed by atoms with Crippen molar-refractivity contribution in [2.45, 2.75) is 6.92 Å². The molecule has 0 atom stereocenters. The van der Waals surface area contributed by atoms with E-state index in [1.54, 1.807) is 6.20 Å². The summed E-state index contributed by atoms with van der Waals surface area (Å²) in [5, 5.41) is 3.06. The Morgan fingerprint density at radius 3 is 2.50 bits per heavy atom. The summed E-state index contributed by atoms with van der Waals surface area (Å²) in [6, 6.07) is 11.6. The molecule has 0 fully saturated rings. The van der Waals surface area contributed by atoms with Gasteiger partial charge in [-0.05, 0) is 42.8 Å². The quantitative estimate of drug-likeness (QED) is 0.851. The molecule has 0 bridgehead atoms. The molecule has 0 aliphatic heterocycles. The fourth-order valence-electron chi connectivity index (χ4n) is 1.37. The molecule has 3 heteroatoms. The highest BCUT2D eigenvalue weighted by Gasteiger charge is 1.98. The standard InChI is InChI=1S/C13H14N2O/c1-10-7-8-15-13(9-10)16-12-5-3-11(14-2)4-6-12/h3-9,14H,1-2H3. The predicted octanol–water partition coefficient (Wildman–Crippen LogP) is 3.22. The number of hydrogen-bond donors (Lipinski definition) is 1. The molecule has 0 unspecified atom stereocenters. The van der Waals surface area contributed by atoms with Gasteiger partial charge in [0.15, 0.2) is 0 Å². The lowest BCUT2D eigenvalue weighted by Gasteiger charge is -2.06. The van der Waals surface area contributed by atoms with Gasteiger partial charge >= 0.3 is 0 Å². The Bertz CT molecular complexity index is 466. The Balaban J connectivity index is 2.14. The molecule has 0 saturated heterocycles. The molecule has 0 aliphatic rings. The highest BCUT2D eigenvalue weighted by Crippen LogP contribution is 2.21. The van der Waals surface area contributed by atoms with Gasteiger partial charge in [-0.1, -0.05) is 0 Å². The smallest absolute Gasteiger partial charge is 0.219 e. The molecule has 1 aromatic heterocycles. The van der Waals surface area contributed by atoms with E-state index in [0.29, 0.717) is 5.88 Å². The lowest BCUT2D eigenvalue weighted by atomic mass is 10.3. The van der Waals surface area contributed by atoms with E-state index < -0.39 is 0 Å². The van der Waals surface area contributed by atoms with Crippen molar-refractivity contribution in [1.29, 1.82) is 0 Å². The van der Waals surface area contributed by atoms with Crippen LogP contribution in [0.3, 0.4) is 0 Å². The lowest BCUT2D eigenvalue weighted by Crippen LogP contribution is -1.90. The van der Waals surface area contributed by atoms with Gasteiger partial charge in [-0.2, -0.15) is 0 Å². The van der Waals surface area contributed by atoms with Crippen molar-refractivity contribution in [1.82, 2.24) is 4.98 Å². The van der Waals surface area contributed by atoms with Gasteiger partial charge in [0.1, 0.15) is 5.75 Å². The summed E-state index contributed by atoms with van der Waals surface area (Å²) in [4.78, 5) is 4.14. The molecular weight excluding hydrogens is 200 g/mol. The number of hydrogen-bond acceptors (Lipinski definition) is 3. The third-order valence-electron chi connectivity index (χ3n) is 2.26. The van der Waals surface area contributed by atoms with Crippen molar-refractivity contribution >= 4 is 5.69 Å². The molecule has 0 radical (unpaired) electrons. The van der Waals surface area contributed by atoms with Crippen LogP contribution in [0.15, 0.2) is 42.6 Å². The third-order valence-corrected chi connectivity index (χ3v) is 2.26. The first kappa shape index (κ1) is 10.5. The fraction of sp³-hybridized carbons (Fsp3) is 0.154. The van der Waals surface area contributed by atoms with Crippen molar-refractivity contribution in [3.8, 4) is 11.6 Å². The second kappa shape index (κ2) is 4.66. The minimum atomic E-state index is 0.622. The number of aromatic nitrogens is 1. The fourth-order valence-corrected chi connectivity index (χ4v) is 1.37. The van der Waals surface area contributed by atoms with E-state index in [9.17, 15) is 0 Å². The topological polar surface area (TPSA) is 34.1 Å². The Kier molecular flexibility index (Phi) is 3.05. The maximum Gasteiger partial charge on any atom is 0.219 e. The number of ether oxygens (including phenoxy) is 1. The van der Waals surface area contributed by atoms with E-state index in [0.717, 1.165) is 17.0 Å². The molecule has 82 valence electrons. The Hall–Kier alpha value is -2.03. The van der Waals surface area contributed by atoms with Crippen molar-refractivity contribution < 1.29 is 4.74 Å². The van der Waals surface area contributed by atoms with Crippen LogP contribution in [0, 0.1) is 6.92 Å². The van der Waals surface area contributed by atoms with Crippen LogP contribution in [0.2, 0.25) is 0 Å².